The lowest BCUT2D eigenvalue weighted by Crippen LogP contribution is -2.46. The molecule has 0 unspecified atom stereocenters. The fourth-order valence-corrected chi connectivity index (χ4v) is 4.42. The third kappa shape index (κ3) is 2.00. The molecular weight excluding hydrogens is 322 g/mol. The molecule has 0 radical (unpaired) electrons. The number of rotatable bonds is 5. The molecule has 1 aromatic carbocycles. The van der Waals surface area contributed by atoms with Gasteiger partial charge in [0.05, 0.1) is 25.2 Å². The predicted octanol–water partition coefficient (Wildman–Crippen LogP) is 0.676. The highest BCUT2D eigenvalue weighted by molar-refractivity contribution is 6.03. The summed E-state index contributed by atoms with van der Waals surface area (Å²) in [6.07, 6.45) is 5.19. The maximum atomic E-state index is 13.2. The van der Waals surface area contributed by atoms with E-state index in [9.17, 15) is 14.7 Å². The van der Waals surface area contributed by atoms with Gasteiger partial charge in [-0.3, -0.25) is 4.79 Å². The van der Waals surface area contributed by atoms with Crippen LogP contribution in [0.5, 0.6) is 5.75 Å². The fraction of sp³-hybridized carbons (Fsp3) is 0.368. The van der Waals surface area contributed by atoms with Crippen molar-refractivity contribution in [3.8, 4) is 5.75 Å². The molecule has 5 atom stereocenters. The predicted molar refractivity (Wildman–Crippen MR) is 87.8 cm³/mol. The average Bonchev–Trinajstić information content (AvgIpc) is 3.24. The molecule has 6 nitrogen and oxygen atoms in total. The normalized spacial score (nSPS) is 35.1. The second kappa shape index (κ2) is 5.46. The van der Waals surface area contributed by atoms with Gasteiger partial charge in [0.1, 0.15) is 11.4 Å². The zero-order valence-electron chi connectivity index (χ0n) is 13.8. The van der Waals surface area contributed by atoms with E-state index in [1.807, 2.05) is 6.08 Å². The van der Waals surface area contributed by atoms with Crippen LogP contribution in [-0.4, -0.2) is 36.7 Å². The van der Waals surface area contributed by atoms with Crippen LogP contribution in [-0.2, 0) is 14.3 Å². The highest BCUT2D eigenvalue weighted by atomic mass is 16.5. The van der Waals surface area contributed by atoms with E-state index in [0.717, 1.165) is 0 Å². The van der Waals surface area contributed by atoms with E-state index in [4.69, 9.17) is 9.47 Å². The minimum atomic E-state index is -1.25. The Morgan fingerprint density at radius 1 is 1.44 bits per heavy atom. The maximum absolute atomic E-state index is 13.2. The zero-order valence-corrected chi connectivity index (χ0v) is 13.8. The number of nitrogens with zero attached hydrogens (tertiary/aromatic N) is 1. The van der Waals surface area contributed by atoms with Gasteiger partial charge in [0.25, 0.3) is 0 Å². The molecule has 0 aromatic heterocycles. The van der Waals surface area contributed by atoms with Gasteiger partial charge in [-0.05, 0) is 30.7 Å². The number of benzene rings is 1. The number of carboxylic acid groups (broad SMARTS) is 1. The number of carbonyl (C=O) groups is 2. The van der Waals surface area contributed by atoms with Gasteiger partial charge in [-0.15, -0.1) is 6.58 Å². The number of hydrogen-bond donors (Lipinski definition) is 0. The van der Waals surface area contributed by atoms with E-state index in [0.29, 0.717) is 17.9 Å². The number of fused-ring (bicyclic) bond motifs is 1. The molecular formula is C19H18NO5-. The Hall–Kier alpha value is -2.60. The minimum Gasteiger partial charge on any atom is -0.550 e. The monoisotopic (exact) mass is 340 g/mol. The van der Waals surface area contributed by atoms with Crippen molar-refractivity contribution in [2.24, 2.45) is 11.8 Å². The molecule has 4 rings (SSSR count). The highest BCUT2D eigenvalue weighted by Gasteiger charge is 2.69. The van der Waals surface area contributed by atoms with Gasteiger partial charge in [-0.1, -0.05) is 18.2 Å². The molecule has 2 saturated heterocycles. The zero-order chi connectivity index (χ0) is 17.8. The van der Waals surface area contributed by atoms with Gasteiger partial charge in [0.15, 0.2) is 0 Å². The van der Waals surface area contributed by atoms with Crippen molar-refractivity contribution >= 4 is 17.6 Å². The van der Waals surface area contributed by atoms with Crippen LogP contribution >= 0.6 is 0 Å². The van der Waals surface area contributed by atoms with Gasteiger partial charge in [0.2, 0.25) is 5.91 Å². The van der Waals surface area contributed by atoms with Crippen LogP contribution in [0.1, 0.15) is 6.42 Å². The number of aliphatic carboxylic acids is 1. The van der Waals surface area contributed by atoms with Crippen molar-refractivity contribution in [2.45, 2.75) is 24.2 Å². The Labute approximate surface area is 145 Å². The molecule has 2 bridgehead atoms. The van der Waals surface area contributed by atoms with Crippen molar-refractivity contribution in [3.63, 3.8) is 0 Å². The van der Waals surface area contributed by atoms with Gasteiger partial charge >= 0.3 is 0 Å². The van der Waals surface area contributed by atoms with Crippen molar-refractivity contribution in [3.05, 3.63) is 49.1 Å². The molecule has 2 fully saturated rings. The highest BCUT2D eigenvalue weighted by Crippen LogP contribution is 2.56. The van der Waals surface area contributed by atoms with Crippen LogP contribution in [0.4, 0.5) is 5.69 Å². The summed E-state index contributed by atoms with van der Waals surface area (Å²) in [6.45, 7) is 3.79. The number of methoxy groups -OCH3 is 1. The van der Waals surface area contributed by atoms with Gasteiger partial charge in [0, 0.05) is 17.6 Å². The standard InChI is InChI=1S/C19H19NO5/c1-3-4-14-19-10-9-13(25-19)15(18(22)23)16(19)17(21)20(14)11-5-7-12(24-2)8-6-11/h3,5-10,13-16H,1,4H2,2H3,(H,22,23)/p-1/t13-,14+,15-,16-,19+/m0/s1. The third-order valence-corrected chi connectivity index (χ3v) is 5.43. The van der Waals surface area contributed by atoms with Crippen molar-refractivity contribution in [1.29, 1.82) is 0 Å². The van der Waals surface area contributed by atoms with E-state index in [1.54, 1.807) is 48.4 Å². The Kier molecular flexibility index (Phi) is 3.47. The van der Waals surface area contributed by atoms with Crippen molar-refractivity contribution in [1.82, 2.24) is 0 Å². The third-order valence-electron chi connectivity index (χ3n) is 5.43. The Morgan fingerprint density at radius 2 is 2.16 bits per heavy atom. The summed E-state index contributed by atoms with van der Waals surface area (Å²) < 4.78 is 11.2. The van der Waals surface area contributed by atoms with Gasteiger partial charge in [-0.25, -0.2) is 0 Å². The largest absolute Gasteiger partial charge is 0.550 e. The Morgan fingerprint density at radius 3 is 2.76 bits per heavy atom. The lowest BCUT2D eigenvalue weighted by atomic mass is 9.74. The summed E-state index contributed by atoms with van der Waals surface area (Å²) in [5.41, 5.74) is -0.264. The summed E-state index contributed by atoms with van der Waals surface area (Å²) in [7, 11) is 1.57. The smallest absolute Gasteiger partial charge is 0.234 e. The number of hydrogen-bond acceptors (Lipinski definition) is 5. The maximum Gasteiger partial charge on any atom is 0.234 e. The number of carboxylic acids is 1. The molecule has 1 spiro atoms. The Bertz CT molecular complexity index is 771. The number of anilines is 1. The first-order valence-corrected chi connectivity index (χ1v) is 8.19. The average molecular weight is 340 g/mol. The van der Waals surface area contributed by atoms with Gasteiger partial charge in [-0.2, -0.15) is 0 Å². The number of carbonyl (C=O) groups excluding carboxylic acids is 2. The SMILES string of the molecule is C=CC[C@H]1N(c2ccc(OC)cc2)C(=O)[C@@H]2[C@@H](C(=O)[O-])[C@@H]3C=C[C@]21O3. The second-order valence-electron chi connectivity index (χ2n) is 6.56. The van der Waals surface area contributed by atoms with Crippen LogP contribution in [0.3, 0.4) is 0 Å². The van der Waals surface area contributed by atoms with Crippen LogP contribution < -0.4 is 14.7 Å². The summed E-state index contributed by atoms with van der Waals surface area (Å²) in [5, 5.41) is 11.6. The van der Waals surface area contributed by atoms with Crippen LogP contribution in [0.15, 0.2) is 49.1 Å². The second-order valence-corrected chi connectivity index (χ2v) is 6.56. The van der Waals surface area contributed by atoms with E-state index < -0.39 is 29.5 Å². The van der Waals surface area contributed by atoms with Crippen LogP contribution in [0.25, 0.3) is 0 Å². The van der Waals surface area contributed by atoms with Crippen molar-refractivity contribution < 1.29 is 24.2 Å². The first kappa shape index (κ1) is 15.9. The summed E-state index contributed by atoms with van der Waals surface area (Å²) in [6, 6.07) is 6.76. The molecule has 0 N–H and O–H groups in total. The van der Waals surface area contributed by atoms with Crippen molar-refractivity contribution in [2.75, 3.05) is 12.0 Å². The van der Waals surface area contributed by atoms with E-state index in [1.165, 1.54) is 0 Å². The lowest BCUT2D eigenvalue weighted by Gasteiger charge is -2.32. The van der Waals surface area contributed by atoms with E-state index >= 15 is 0 Å². The molecule has 1 amide bonds. The molecule has 6 heteroatoms. The number of amides is 1. The fourth-order valence-electron chi connectivity index (χ4n) is 4.42. The topological polar surface area (TPSA) is 78.9 Å². The molecule has 3 aliphatic rings. The van der Waals surface area contributed by atoms with Crippen LogP contribution in [0, 0.1) is 11.8 Å². The van der Waals surface area contributed by atoms with Crippen LogP contribution in [0.2, 0.25) is 0 Å². The molecule has 130 valence electrons. The lowest BCUT2D eigenvalue weighted by molar-refractivity contribution is -0.313. The first-order valence-electron chi connectivity index (χ1n) is 8.19. The van der Waals surface area contributed by atoms with E-state index in [2.05, 4.69) is 6.58 Å². The summed E-state index contributed by atoms with van der Waals surface area (Å²) >= 11 is 0. The number of ether oxygens (including phenoxy) is 2. The molecule has 0 saturated carbocycles. The Balaban J connectivity index is 1.80. The molecule has 3 aliphatic heterocycles. The molecule has 3 heterocycles. The molecule has 0 aliphatic carbocycles. The molecule has 1 aromatic rings. The molecule has 25 heavy (non-hydrogen) atoms. The summed E-state index contributed by atoms with van der Waals surface area (Å²) in [4.78, 5) is 26.4. The quantitative estimate of drug-likeness (QED) is 0.737. The van der Waals surface area contributed by atoms with Gasteiger partial charge < -0.3 is 24.3 Å². The summed E-state index contributed by atoms with van der Waals surface area (Å²) in [5.74, 6) is -2.56. The van der Waals surface area contributed by atoms with E-state index in [-0.39, 0.29) is 11.9 Å². The first-order chi connectivity index (χ1) is 12.0. The minimum absolute atomic E-state index is 0.252.